The van der Waals surface area contributed by atoms with Crippen LogP contribution in [0.15, 0.2) is 52.9 Å². The minimum atomic E-state index is -4.61. The molecule has 0 bridgehead atoms. The average molecular weight is 425 g/mol. The molecule has 2 aromatic carbocycles. The summed E-state index contributed by atoms with van der Waals surface area (Å²) in [6.45, 7) is 0.106. The van der Waals surface area contributed by atoms with Gasteiger partial charge in [0.2, 0.25) is 17.7 Å². The molecule has 3 rings (SSSR count). The van der Waals surface area contributed by atoms with Crippen molar-refractivity contribution >= 4 is 23.2 Å². The molecule has 0 aliphatic heterocycles. The Bertz CT molecular complexity index is 993. The Morgan fingerprint density at radius 1 is 1.17 bits per heavy atom. The van der Waals surface area contributed by atoms with Crippen LogP contribution in [-0.4, -0.2) is 34.6 Å². The molecular weight excluding hydrogens is 409 g/mol. The molecule has 1 amide bonds. The van der Waals surface area contributed by atoms with Crippen molar-refractivity contribution in [3.63, 3.8) is 0 Å². The number of benzene rings is 2. The van der Waals surface area contributed by atoms with Crippen molar-refractivity contribution in [2.75, 3.05) is 18.9 Å². The van der Waals surface area contributed by atoms with Gasteiger partial charge >= 0.3 is 6.18 Å². The number of anilines is 1. The van der Waals surface area contributed by atoms with E-state index >= 15 is 0 Å². The lowest BCUT2D eigenvalue weighted by atomic mass is 10.2. The quantitative estimate of drug-likeness (QED) is 0.631. The van der Waals surface area contributed by atoms with Gasteiger partial charge in [-0.2, -0.15) is 13.2 Å². The second-order valence-electron chi connectivity index (χ2n) is 6.28. The summed E-state index contributed by atoms with van der Waals surface area (Å²) in [6, 6.07) is 12.4. The molecule has 0 spiro atoms. The van der Waals surface area contributed by atoms with Crippen LogP contribution in [0, 0.1) is 0 Å². The number of carbonyl (C=O) groups is 1. The number of rotatable bonds is 6. The van der Waals surface area contributed by atoms with Gasteiger partial charge in [-0.15, -0.1) is 10.2 Å². The van der Waals surface area contributed by atoms with Gasteiger partial charge in [-0.1, -0.05) is 29.8 Å². The number of nitrogens with zero attached hydrogens (tertiary/aromatic N) is 3. The number of nitrogens with one attached hydrogen (secondary N) is 1. The fourth-order valence-electron chi connectivity index (χ4n) is 2.57. The maximum Gasteiger partial charge on any atom is 0.417 e. The molecule has 0 unspecified atom stereocenters. The van der Waals surface area contributed by atoms with E-state index in [1.807, 2.05) is 30.3 Å². The highest BCUT2D eigenvalue weighted by atomic mass is 35.5. The van der Waals surface area contributed by atoms with E-state index in [4.69, 9.17) is 16.0 Å². The first kappa shape index (κ1) is 20.8. The summed E-state index contributed by atoms with van der Waals surface area (Å²) < 4.78 is 44.3. The van der Waals surface area contributed by atoms with Crippen LogP contribution in [0.25, 0.3) is 11.5 Å². The van der Waals surface area contributed by atoms with Crippen LogP contribution in [-0.2, 0) is 17.5 Å². The zero-order valence-electron chi connectivity index (χ0n) is 15.2. The number of halogens is 4. The Morgan fingerprint density at radius 2 is 1.90 bits per heavy atom. The largest absolute Gasteiger partial charge is 0.419 e. The van der Waals surface area contributed by atoms with Crippen molar-refractivity contribution in [2.45, 2.75) is 12.7 Å². The lowest BCUT2D eigenvalue weighted by Gasteiger charge is -2.15. The zero-order valence-corrected chi connectivity index (χ0v) is 16.0. The molecule has 1 N–H and O–H groups in total. The Hall–Kier alpha value is -2.91. The van der Waals surface area contributed by atoms with Gasteiger partial charge in [-0.3, -0.25) is 9.69 Å². The van der Waals surface area contributed by atoms with Crippen LogP contribution in [0.3, 0.4) is 0 Å². The number of amides is 1. The number of hydrogen-bond donors (Lipinski definition) is 1. The van der Waals surface area contributed by atoms with Crippen molar-refractivity contribution in [1.29, 1.82) is 0 Å². The van der Waals surface area contributed by atoms with Crippen LogP contribution < -0.4 is 5.32 Å². The molecule has 3 aromatic rings. The number of aromatic nitrogens is 2. The smallest absolute Gasteiger partial charge is 0.417 e. The van der Waals surface area contributed by atoms with E-state index in [9.17, 15) is 18.0 Å². The zero-order chi connectivity index (χ0) is 21.0. The highest BCUT2D eigenvalue weighted by Crippen LogP contribution is 2.36. The summed E-state index contributed by atoms with van der Waals surface area (Å²) in [5.41, 5.74) is -0.233. The highest BCUT2D eigenvalue weighted by molar-refractivity contribution is 6.31. The molecule has 10 heteroatoms. The van der Waals surface area contributed by atoms with Gasteiger partial charge in [-0.05, 0) is 37.4 Å². The van der Waals surface area contributed by atoms with E-state index in [1.165, 1.54) is 6.07 Å². The van der Waals surface area contributed by atoms with E-state index in [2.05, 4.69) is 15.5 Å². The minimum absolute atomic E-state index is 0.00396. The SMILES string of the molecule is CN(CC(=O)Nc1ccc(Cl)c(C(F)(F)F)c1)Cc1nnc(-c2ccccc2)o1. The van der Waals surface area contributed by atoms with E-state index < -0.39 is 22.7 Å². The van der Waals surface area contributed by atoms with E-state index in [0.717, 1.165) is 17.7 Å². The van der Waals surface area contributed by atoms with Crippen molar-refractivity contribution in [3.8, 4) is 11.5 Å². The lowest BCUT2D eigenvalue weighted by molar-refractivity contribution is -0.137. The van der Waals surface area contributed by atoms with Gasteiger partial charge in [0.15, 0.2) is 0 Å². The maximum absolute atomic E-state index is 12.9. The van der Waals surface area contributed by atoms with Gasteiger partial charge < -0.3 is 9.73 Å². The summed E-state index contributed by atoms with van der Waals surface area (Å²) in [6.07, 6.45) is -4.61. The molecule has 1 heterocycles. The van der Waals surface area contributed by atoms with Crippen LogP contribution in [0.1, 0.15) is 11.5 Å². The first-order valence-corrected chi connectivity index (χ1v) is 8.83. The van der Waals surface area contributed by atoms with Crippen LogP contribution >= 0.6 is 11.6 Å². The van der Waals surface area contributed by atoms with Crippen molar-refractivity contribution in [1.82, 2.24) is 15.1 Å². The fourth-order valence-corrected chi connectivity index (χ4v) is 2.79. The molecular formula is C19H16ClF3N4O2. The molecule has 1 aromatic heterocycles. The van der Waals surface area contributed by atoms with Gasteiger partial charge in [0, 0.05) is 11.3 Å². The molecule has 0 fully saturated rings. The average Bonchev–Trinajstić information content (AvgIpc) is 3.11. The molecule has 29 heavy (non-hydrogen) atoms. The number of likely N-dealkylation sites (N-methyl/N-ethyl adjacent to an activating group) is 1. The molecule has 0 saturated carbocycles. The van der Waals surface area contributed by atoms with Crippen LogP contribution in [0.2, 0.25) is 5.02 Å². The number of carbonyl (C=O) groups excluding carboxylic acids is 1. The number of hydrogen-bond acceptors (Lipinski definition) is 5. The van der Waals surface area contributed by atoms with E-state index in [1.54, 1.807) is 11.9 Å². The van der Waals surface area contributed by atoms with E-state index in [-0.39, 0.29) is 18.8 Å². The summed E-state index contributed by atoms with van der Waals surface area (Å²) in [5.74, 6) is 0.176. The van der Waals surface area contributed by atoms with Crippen molar-refractivity contribution < 1.29 is 22.4 Å². The lowest BCUT2D eigenvalue weighted by Crippen LogP contribution is -2.30. The Labute approximate surface area is 169 Å². The molecule has 152 valence electrons. The molecule has 0 saturated heterocycles. The summed E-state index contributed by atoms with van der Waals surface area (Å²) in [7, 11) is 1.65. The Balaban J connectivity index is 1.58. The molecule has 0 atom stereocenters. The third kappa shape index (κ3) is 5.55. The van der Waals surface area contributed by atoms with Crippen LogP contribution in [0.4, 0.5) is 18.9 Å². The van der Waals surface area contributed by atoms with Crippen LogP contribution in [0.5, 0.6) is 0 Å². The first-order valence-electron chi connectivity index (χ1n) is 8.45. The second-order valence-corrected chi connectivity index (χ2v) is 6.69. The monoisotopic (exact) mass is 424 g/mol. The molecule has 6 nitrogen and oxygen atoms in total. The second kappa shape index (κ2) is 8.62. The number of alkyl halides is 3. The Morgan fingerprint density at radius 3 is 2.59 bits per heavy atom. The predicted octanol–water partition coefficient (Wildman–Crippen LogP) is 4.48. The summed E-state index contributed by atoms with van der Waals surface area (Å²) in [4.78, 5) is 13.7. The maximum atomic E-state index is 12.9. The Kier molecular flexibility index (Phi) is 6.19. The third-order valence-electron chi connectivity index (χ3n) is 3.86. The van der Waals surface area contributed by atoms with Gasteiger partial charge in [0.25, 0.3) is 0 Å². The predicted molar refractivity (Wildman–Crippen MR) is 101 cm³/mol. The fraction of sp³-hybridized carbons (Fsp3) is 0.211. The first-order chi connectivity index (χ1) is 13.7. The summed E-state index contributed by atoms with van der Waals surface area (Å²) in [5, 5.41) is 9.90. The third-order valence-corrected chi connectivity index (χ3v) is 4.19. The van der Waals surface area contributed by atoms with Crippen molar-refractivity contribution in [3.05, 3.63) is 65.0 Å². The van der Waals surface area contributed by atoms with Gasteiger partial charge in [-0.25, -0.2) is 0 Å². The van der Waals surface area contributed by atoms with Gasteiger partial charge in [0.05, 0.1) is 23.7 Å². The van der Waals surface area contributed by atoms with E-state index in [0.29, 0.717) is 11.8 Å². The highest BCUT2D eigenvalue weighted by Gasteiger charge is 2.33. The molecule has 0 radical (unpaired) electrons. The topological polar surface area (TPSA) is 71.3 Å². The molecule has 0 aliphatic rings. The minimum Gasteiger partial charge on any atom is -0.419 e. The molecule has 0 aliphatic carbocycles. The van der Waals surface area contributed by atoms with Gasteiger partial charge in [0.1, 0.15) is 0 Å². The standard InChI is InChI=1S/C19H16ClF3N4O2/c1-27(11-17-25-26-18(29-17)12-5-3-2-4-6-12)10-16(28)24-13-7-8-15(20)14(9-13)19(21,22)23/h2-9H,10-11H2,1H3,(H,24,28). The van der Waals surface area contributed by atoms with Crippen molar-refractivity contribution in [2.24, 2.45) is 0 Å². The normalized spacial score (nSPS) is 11.7. The summed E-state index contributed by atoms with van der Waals surface area (Å²) >= 11 is 5.57.